The van der Waals surface area contributed by atoms with E-state index in [9.17, 15) is 9.59 Å². The van der Waals surface area contributed by atoms with Gasteiger partial charge < -0.3 is 15.8 Å². The minimum absolute atomic E-state index is 0.0358. The normalized spacial score (nSPS) is 23.2. The van der Waals surface area contributed by atoms with Gasteiger partial charge in [-0.25, -0.2) is 0 Å². The van der Waals surface area contributed by atoms with Crippen LogP contribution in [0.25, 0.3) is 0 Å². The molecule has 1 aliphatic heterocycles. The van der Waals surface area contributed by atoms with Crippen molar-refractivity contribution in [2.45, 2.75) is 25.8 Å². The van der Waals surface area contributed by atoms with Gasteiger partial charge in [-0.3, -0.25) is 14.3 Å². The van der Waals surface area contributed by atoms with Gasteiger partial charge in [-0.05, 0) is 25.0 Å². The number of nitrogens with one attached hydrogen (secondary N) is 1. The van der Waals surface area contributed by atoms with Gasteiger partial charge in [0.1, 0.15) is 11.2 Å². The Hall–Kier alpha value is -3.35. The summed E-state index contributed by atoms with van der Waals surface area (Å²) in [6.07, 6.45) is 5.63. The van der Waals surface area contributed by atoms with Gasteiger partial charge in [-0.2, -0.15) is 5.10 Å². The lowest BCUT2D eigenvalue weighted by atomic mass is 9.73. The molecule has 29 heavy (non-hydrogen) atoms. The van der Waals surface area contributed by atoms with Crippen molar-refractivity contribution >= 4 is 11.8 Å². The third-order valence-corrected chi connectivity index (χ3v) is 5.66. The standard InChI is InChI=1S/C22H24N4O3/c1-22(21(23)28)9-16(20(27)24-10-14-11-25-26(2)12-14)8-17-18(13-29-19(17)22)15-6-4-3-5-7-15/h3-8,11-12,18H,9-10,13H2,1-2H3,(H2,23,28)(H,24,27). The van der Waals surface area contributed by atoms with Crippen LogP contribution in [-0.4, -0.2) is 28.2 Å². The highest BCUT2D eigenvalue weighted by molar-refractivity contribution is 5.97. The maximum Gasteiger partial charge on any atom is 0.247 e. The average Bonchev–Trinajstić information content (AvgIpc) is 3.33. The van der Waals surface area contributed by atoms with Gasteiger partial charge in [0.2, 0.25) is 11.8 Å². The minimum atomic E-state index is -1.05. The number of hydrogen-bond acceptors (Lipinski definition) is 4. The molecule has 4 rings (SSSR count). The zero-order valence-electron chi connectivity index (χ0n) is 16.5. The Balaban J connectivity index is 1.64. The van der Waals surface area contributed by atoms with Crippen LogP contribution in [0.2, 0.25) is 0 Å². The van der Waals surface area contributed by atoms with E-state index in [-0.39, 0.29) is 18.2 Å². The number of nitrogens with two attached hydrogens (primary N) is 1. The number of amides is 2. The topological polar surface area (TPSA) is 99.2 Å². The van der Waals surface area contributed by atoms with Crippen LogP contribution in [0.5, 0.6) is 0 Å². The van der Waals surface area contributed by atoms with E-state index in [1.165, 1.54) is 0 Å². The van der Waals surface area contributed by atoms with Crippen molar-refractivity contribution in [3.8, 4) is 0 Å². The summed E-state index contributed by atoms with van der Waals surface area (Å²) in [5.74, 6) is -0.162. The molecule has 1 aromatic carbocycles. The molecule has 2 heterocycles. The first kappa shape index (κ1) is 19.0. The number of ether oxygens (including phenoxy) is 1. The molecule has 0 radical (unpaired) electrons. The highest BCUT2D eigenvalue weighted by atomic mass is 16.5. The molecule has 7 nitrogen and oxygen atoms in total. The van der Waals surface area contributed by atoms with E-state index in [2.05, 4.69) is 10.4 Å². The van der Waals surface area contributed by atoms with Crippen molar-refractivity contribution in [3.63, 3.8) is 0 Å². The molecule has 0 saturated carbocycles. The molecular weight excluding hydrogens is 368 g/mol. The molecule has 2 atom stereocenters. The van der Waals surface area contributed by atoms with E-state index in [4.69, 9.17) is 10.5 Å². The van der Waals surface area contributed by atoms with Gasteiger partial charge >= 0.3 is 0 Å². The number of rotatable bonds is 5. The number of allylic oxidation sites excluding steroid dienone is 1. The van der Waals surface area contributed by atoms with Gasteiger partial charge in [0.05, 0.1) is 12.8 Å². The maximum absolute atomic E-state index is 12.9. The van der Waals surface area contributed by atoms with Gasteiger partial charge in [0.25, 0.3) is 0 Å². The molecule has 1 aromatic heterocycles. The fourth-order valence-electron chi connectivity index (χ4n) is 4.01. The second-order valence-corrected chi connectivity index (χ2v) is 7.81. The Morgan fingerprint density at radius 3 is 2.76 bits per heavy atom. The van der Waals surface area contributed by atoms with Crippen LogP contribution in [0.3, 0.4) is 0 Å². The summed E-state index contributed by atoms with van der Waals surface area (Å²) in [5, 5.41) is 7.02. The Labute approximate surface area is 169 Å². The molecule has 2 aromatic rings. The number of aryl methyl sites for hydroxylation is 1. The smallest absolute Gasteiger partial charge is 0.247 e. The molecular formula is C22H24N4O3. The van der Waals surface area contributed by atoms with Gasteiger partial charge in [0, 0.05) is 42.4 Å². The van der Waals surface area contributed by atoms with E-state index >= 15 is 0 Å². The second-order valence-electron chi connectivity index (χ2n) is 7.81. The van der Waals surface area contributed by atoms with Crippen molar-refractivity contribution in [3.05, 3.63) is 76.8 Å². The first-order valence-corrected chi connectivity index (χ1v) is 9.57. The van der Waals surface area contributed by atoms with Crippen LogP contribution >= 0.6 is 0 Å². The number of primary amides is 1. The number of aromatic nitrogens is 2. The quantitative estimate of drug-likeness (QED) is 0.812. The van der Waals surface area contributed by atoms with Crippen molar-refractivity contribution in [1.82, 2.24) is 15.1 Å². The van der Waals surface area contributed by atoms with E-state index in [1.807, 2.05) is 49.7 Å². The van der Waals surface area contributed by atoms with E-state index in [1.54, 1.807) is 17.8 Å². The predicted octanol–water partition coefficient (Wildman–Crippen LogP) is 1.93. The molecule has 7 heteroatoms. The Kier molecular flexibility index (Phi) is 4.74. The molecule has 0 fully saturated rings. The molecule has 1 aliphatic carbocycles. The van der Waals surface area contributed by atoms with Crippen molar-refractivity contribution in [2.75, 3.05) is 6.61 Å². The SMILES string of the molecule is Cn1cc(CNC(=O)C2=CC3=C(OCC3c3ccccc3)C(C)(C(N)=O)C2)cn1. The highest BCUT2D eigenvalue weighted by Crippen LogP contribution is 2.49. The molecule has 0 bridgehead atoms. The second kappa shape index (κ2) is 7.24. The number of carbonyl (C=O) groups is 2. The maximum atomic E-state index is 12.9. The molecule has 0 spiro atoms. The van der Waals surface area contributed by atoms with Crippen LogP contribution in [0.4, 0.5) is 0 Å². The first-order chi connectivity index (χ1) is 13.9. The van der Waals surface area contributed by atoms with Crippen LogP contribution in [0.1, 0.15) is 30.4 Å². The predicted molar refractivity (Wildman–Crippen MR) is 107 cm³/mol. The Morgan fingerprint density at radius 1 is 1.34 bits per heavy atom. The molecule has 2 aliphatic rings. The number of nitrogens with zero attached hydrogens (tertiary/aromatic N) is 2. The highest BCUT2D eigenvalue weighted by Gasteiger charge is 2.47. The lowest BCUT2D eigenvalue weighted by molar-refractivity contribution is -0.127. The minimum Gasteiger partial charge on any atom is -0.495 e. The molecule has 3 N–H and O–H groups in total. The summed E-state index contributed by atoms with van der Waals surface area (Å²) in [4.78, 5) is 25.2. The summed E-state index contributed by atoms with van der Waals surface area (Å²) < 4.78 is 7.64. The monoisotopic (exact) mass is 392 g/mol. The van der Waals surface area contributed by atoms with Crippen molar-refractivity contribution in [2.24, 2.45) is 18.2 Å². The largest absolute Gasteiger partial charge is 0.495 e. The Morgan fingerprint density at radius 2 is 2.10 bits per heavy atom. The van der Waals surface area contributed by atoms with Crippen molar-refractivity contribution < 1.29 is 14.3 Å². The summed E-state index contributed by atoms with van der Waals surface area (Å²) in [6.45, 7) is 2.54. The third kappa shape index (κ3) is 3.44. The summed E-state index contributed by atoms with van der Waals surface area (Å²) in [6, 6.07) is 9.94. The summed E-state index contributed by atoms with van der Waals surface area (Å²) in [5.41, 5.74) is 8.07. The average molecular weight is 392 g/mol. The van der Waals surface area contributed by atoms with Gasteiger partial charge in [-0.1, -0.05) is 30.3 Å². The third-order valence-electron chi connectivity index (χ3n) is 5.66. The first-order valence-electron chi connectivity index (χ1n) is 9.57. The van der Waals surface area contributed by atoms with Gasteiger partial charge in [-0.15, -0.1) is 0 Å². The van der Waals surface area contributed by atoms with E-state index in [0.717, 1.165) is 16.7 Å². The summed E-state index contributed by atoms with van der Waals surface area (Å²) in [7, 11) is 1.82. The number of benzene rings is 1. The Bertz CT molecular complexity index is 1020. The lowest BCUT2D eigenvalue weighted by Crippen LogP contribution is -2.40. The molecule has 2 unspecified atom stereocenters. The van der Waals surface area contributed by atoms with Crippen LogP contribution < -0.4 is 11.1 Å². The fourth-order valence-corrected chi connectivity index (χ4v) is 4.01. The molecule has 0 saturated heterocycles. The van der Waals surface area contributed by atoms with E-state index < -0.39 is 11.3 Å². The summed E-state index contributed by atoms with van der Waals surface area (Å²) >= 11 is 0. The lowest BCUT2D eigenvalue weighted by Gasteiger charge is -2.31. The van der Waals surface area contributed by atoms with Crippen LogP contribution in [0.15, 0.2) is 65.7 Å². The van der Waals surface area contributed by atoms with Crippen molar-refractivity contribution in [1.29, 1.82) is 0 Å². The number of carbonyl (C=O) groups excluding carboxylic acids is 2. The molecule has 2 amide bonds. The zero-order valence-corrected chi connectivity index (χ0v) is 16.5. The fraction of sp³-hybridized carbons (Fsp3) is 0.318. The number of hydrogen-bond donors (Lipinski definition) is 2. The van der Waals surface area contributed by atoms with E-state index in [0.29, 0.717) is 24.5 Å². The van der Waals surface area contributed by atoms with Gasteiger partial charge in [0.15, 0.2) is 0 Å². The molecule has 150 valence electrons. The van der Waals surface area contributed by atoms with Crippen LogP contribution in [-0.2, 0) is 27.9 Å². The zero-order chi connectivity index (χ0) is 20.6. The van der Waals surface area contributed by atoms with Crippen LogP contribution in [0, 0.1) is 5.41 Å².